The van der Waals surface area contributed by atoms with E-state index in [9.17, 15) is 10.2 Å². The number of imidazole rings is 1. The van der Waals surface area contributed by atoms with Crippen molar-refractivity contribution < 1.29 is 14.9 Å². The molecule has 0 atom stereocenters. The number of aromatic amines is 1. The molecular formula is C16H20ClN3O3. The summed E-state index contributed by atoms with van der Waals surface area (Å²) >= 11 is 5.91. The van der Waals surface area contributed by atoms with Gasteiger partial charge in [-0.3, -0.25) is 4.90 Å². The second-order valence-electron chi connectivity index (χ2n) is 5.76. The third kappa shape index (κ3) is 3.96. The summed E-state index contributed by atoms with van der Waals surface area (Å²) in [5.41, 5.74) is 1.45. The van der Waals surface area contributed by atoms with E-state index >= 15 is 0 Å². The maximum Gasteiger partial charge on any atom is 0.142 e. The summed E-state index contributed by atoms with van der Waals surface area (Å²) in [4.78, 5) is 9.17. The van der Waals surface area contributed by atoms with Crippen molar-refractivity contribution in [3.63, 3.8) is 0 Å². The number of benzene rings is 1. The van der Waals surface area contributed by atoms with Crippen molar-refractivity contribution in [3.8, 4) is 11.5 Å². The normalized spacial score (nSPS) is 16.7. The molecule has 1 aliphatic heterocycles. The second kappa shape index (κ2) is 7.21. The number of phenols is 2. The highest BCUT2D eigenvalue weighted by Crippen LogP contribution is 2.35. The Kier molecular flexibility index (Phi) is 5.05. The van der Waals surface area contributed by atoms with Gasteiger partial charge in [0.05, 0.1) is 41.5 Å². The number of rotatable bonds is 5. The maximum absolute atomic E-state index is 10.00. The molecule has 0 spiro atoms. The number of piperidine rings is 1. The number of halogens is 1. The van der Waals surface area contributed by atoms with Crippen LogP contribution in [0, 0.1) is 0 Å². The van der Waals surface area contributed by atoms with Crippen molar-refractivity contribution in [2.24, 2.45) is 0 Å². The summed E-state index contributed by atoms with van der Waals surface area (Å²) in [7, 11) is 0. The average molecular weight is 338 g/mol. The first kappa shape index (κ1) is 16.1. The van der Waals surface area contributed by atoms with E-state index in [1.165, 1.54) is 12.1 Å². The zero-order valence-corrected chi connectivity index (χ0v) is 13.5. The standard InChI is InChI=1S/C16H20ClN3O3/c17-14-1-2-15(21)13(16(14)22)8-20-5-3-12(4-6-20)23-9-11-7-18-10-19-11/h1-2,7,10,12,21-22H,3-6,8-9H2,(H,18,19). The van der Waals surface area contributed by atoms with Crippen LogP contribution < -0.4 is 0 Å². The predicted octanol–water partition coefficient (Wildman–Crippen LogP) is 2.66. The molecule has 2 aromatic rings. The van der Waals surface area contributed by atoms with Crippen LogP contribution in [-0.2, 0) is 17.9 Å². The van der Waals surface area contributed by atoms with E-state index in [0.29, 0.717) is 18.7 Å². The maximum atomic E-state index is 10.00. The van der Waals surface area contributed by atoms with Gasteiger partial charge in [0.15, 0.2) is 0 Å². The van der Waals surface area contributed by atoms with Crippen molar-refractivity contribution >= 4 is 11.6 Å². The fourth-order valence-electron chi connectivity index (χ4n) is 2.78. The van der Waals surface area contributed by atoms with E-state index in [0.717, 1.165) is 31.6 Å². The molecule has 2 heterocycles. The Morgan fingerprint density at radius 2 is 2.09 bits per heavy atom. The fraction of sp³-hybridized carbons (Fsp3) is 0.438. The van der Waals surface area contributed by atoms with Crippen LogP contribution in [0.15, 0.2) is 24.7 Å². The minimum atomic E-state index is -0.0377. The molecular weight excluding hydrogens is 318 g/mol. The molecule has 0 amide bonds. The van der Waals surface area contributed by atoms with Crippen LogP contribution in [0.25, 0.3) is 0 Å². The van der Waals surface area contributed by atoms with E-state index in [4.69, 9.17) is 16.3 Å². The van der Waals surface area contributed by atoms with Crippen molar-refractivity contribution in [2.75, 3.05) is 13.1 Å². The average Bonchev–Trinajstić information content (AvgIpc) is 3.08. The number of aromatic nitrogens is 2. The third-order valence-corrected chi connectivity index (χ3v) is 4.46. The van der Waals surface area contributed by atoms with Gasteiger partial charge in [0.25, 0.3) is 0 Å². The first-order chi connectivity index (χ1) is 11.1. The zero-order valence-electron chi connectivity index (χ0n) is 12.7. The number of hydrogen-bond acceptors (Lipinski definition) is 5. The van der Waals surface area contributed by atoms with Crippen LogP contribution in [-0.4, -0.2) is 44.3 Å². The molecule has 0 saturated carbocycles. The number of aromatic hydroxyl groups is 2. The van der Waals surface area contributed by atoms with Gasteiger partial charge in [-0.15, -0.1) is 0 Å². The minimum Gasteiger partial charge on any atom is -0.507 e. The molecule has 124 valence electrons. The molecule has 0 aliphatic carbocycles. The molecule has 1 fully saturated rings. The zero-order chi connectivity index (χ0) is 16.2. The van der Waals surface area contributed by atoms with Crippen LogP contribution in [0.5, 0.6) is 11.5 Å². The molecule has 6 nitrogen and oxygen atoms in total. The van der Waals surface area contributed by atoms with E-state index in [1.807, 2.05) is 0 Å². The number of likely N-dealkylation sites (tertiary alicyclic amines) is 1. The third-order valence-electron chi connectivity index (χ3n) is 4.15. The van der Waals surface area contributed by atoms with Crippen molar-refractivity contribution in [3.05, 3.63) is 40.9 Å². The lowest BCUT2D eigenvalue weighted by Crippen LogP contribution is -2.36. The Bertz CT molecular complexity index is 640. The monoisotopic (exact) mass is 337 g/mol. The van der Waals surface area contributed by atoms with Crippen LogP contribution >= 0.6 is 11.6 Å². The van der Waals surface area contributed by atoms with Crippen molar-refractivity contribution in [1.82, 2.24) is 14.9 Å². The molecule has 1 aliphatic rings. The molecule has 0 bridgehead atoms. The summed E-state index contributed by atoms with van der Waals surface area (Å²) in [6.07, 6.45) is 5.45. The fourth-order valence-corrected chi connectivity index (χ4v) is 2.96. The van der Waals surface area contributed by atoms with Crippen LogP contribution in [0.1, 0.15) is 24.1 Å². The lowest BCUT2D eigenvalue weighted by molar-refractivity contribution is -0.00529. The first-order valence-electron chi connectivity index (χ1n) is 7.64. The van der Waals surface area contributed by atoms with Gasteiger partial charge in [-0.1, -0.05) is 11.6 Å². The number of nitrogens with zero attached hydrogens (tertiary/aromatic N) is 2. The highest BCUT2D eigenvalue weighted by Gasteiger charge is 2.22. The minimum absolute atomic E-state index is 0.0377. The number of nitrogens with one attached hydrogen (secondary N) is 1. The van der Waals surface area contributed by atoms with Gasteiger partial charge in [-0.2, -0.15) is 0 Å². The Hall–Kier alpha value is -1.76. The van der Waals surface area contributed by atoms with Gasteiger partial charge >= 0.3 is 0 Å². The largest absolute Gasteiger partial charge is 0.507 e. The van der Waals surface area contributed by atoms with Gasteiger partial charge in [-0.05, 0) is 25.0 Å². The van der Waals surface area contributed by atoms with Crippen LogP contribution in [0.3, 0.4) is 0 Å². The Morgan fingerprint density at radius 1 is 1.30 bits per heavy atom. The van der Waals surface area contributed by atoms with Gasteiger partial charge in [0, 0.05) is 19.6 Å². The SMILES string of the molecule is Oc1ccc(Cl)c(O)c1CN1CCC(OCc2cnc[nH]2)CC1. The van der Waals surface area contributed by atoms with Gasteiger partial charge in [0.1, 0.15) is 11.5 Å². The van der Waals surface area contributed by atoms with Crippen molar-refractivity contribution in [1.29, 1.82) is 0 Å². The smallest absolute Gasteiger partial charge is 0.142 e. The van der Waals surface area contributed by atoms with Crippen molar-refractivity contribution in [2.45, 2.75) is 32.1 Å². The van der Waals surface area contributed by atoms with E-state index in [2.05, 4.69) is 14.9 Å². The molecule has 3 rings (SSSR count). The Labute approximate surface area is 139 Å². The van der Waals surface area contributed by atoms with Gasteiger partial charge in [-0.25, -0.2) is 4.98 Å². The summed E-state index contributed by atoms with van der Waals surface area (Å²) in [5.74, 6) is 0.0359. The van der Waals surface area contributed by atoms with Crippen LogP contribution in [0.4, 0.5) is 0 Å². The van der Waals surface area contributed by atoms with Gasteiger partial charge < -0.3 is 19.9 Å². The molecule has 0 radical (unpaired) electrons. The highest BCUT2D eigenvalue weighted by molar-refractivity contribution is 6.32. The summed E-state index contributed by atoms with van der Waals surface area (Å²) in [6.45, 7) is 2.71. The molecule has 1 saturated heterocycles. The lowest BCUT2D eigenvalue weighted by Gasteiger charge is -2.32. The van der Waals surface area contributed by atoms with Crippen LogP contribution in [0.2, 0.25) is 5.02 Å². The molecule has 23 heavy (non-hydrogen) atoms. The molecule has 0 unspecified atom stereocenters. The molecule has 1 aromatic carbocycles. The second-order valence-corrected chi connectivity index (χ2v) is 6.16. The van der Waals surface area contributed by atoms with Gasteiger partial charge in [0.2, 0.25) is 0 Å². The van der Waals surface area contributed by atoms with E-state index < -0.39 is 0 Å². The van der Waals surface area contributed by atoms with E-state index in [-0.39, 0.29) is 22.6 Å². The number of H-pyrrole nitrogens is 1. The highest BCUT2D eigenvalue weighted by atomic mass is 35.5. The van der Waals surface area contributed by atoms with E-state index in [1.54, 1.807) is 12.5 Å². The number of phenolic OH excluding ortho intramolecular Hbond substituents is 2. The number of hydrogen-bond donors (Lipinski definition) is 3. The summed E-state index contributed by atoms with van der Waals surface area (Å²) in [6, 6.07) is 3.00. The lowest BCUT2D eigenvalue weighted by atomic mass is 10.1. The summed E-state index contributed by atoms with van der Waals surface area (Å²) < 4.78 is 5.87. The topological polar surface area (TPSA) is 81.6 Å². The Balaban J connectivity index is 1.50. The number of ether oxygens (including phenoxy) is 1. The summed E-state index contributed by atoms with van der Waals surface area (Å²) in [5, 5.41) is 20.2. The molecule has 1 aromatic heterocycles. The Morgan fingerprint density at radius 3 is 2.78 bits per heavy atom. The molecule has 3 N–H and O–H groups in total. The predicted molar refractivity (Wildman–Crippen MR) is 86.5 cm³/mol. The quantitative estimate of drug-likeness (QED) is 0.781. The first-order valence-corrected chi connectivity index (χ1v) is 8.02. The molecule has 7 heteroatoms.